The average Bonchev–Trinajstić information content (AvgIpc) is 2.52. The molecule has 0 unspecified atom stereocenters. The van der Waals surface area contributed by atoms with E-state index >= 15 is 0 Å². The molecule has 22 heavy (non-hydrogen) atoms. The Kier molecular flexibility index (Phi) is 7.23. The average molecular weight is 305 g/mol. The van der Waals surface area contributed by atoms with Crippen molar-refractivity contribution in [3.05, 3.63) is 29.8 Å². The zero-order chi connectivity index (χ0) is 15.6. The zero-order valence-electron chi connectivity index (χ0n) is 13.6. The van der Waals surface area contributed by atoms with Gasteiger partial charge < -0.3 is 15.4 Å². The van der Waals surface area contributed by atoms with Gasteiger partial charge in [-0.2, -0.15) is 0 Å². The summed E-state index contributed by atoms with van der Waals surface area (Å²) in [4.78, 5) is 12.0. The molecule has 0 heterocycles. The van der Waals surface area contributed by atoms with Gasteiger partial charge in [0, 0.05) is 12.1 Å². The van der Waals surface area contributed by atoms with E-state index in [4.69, 9.17) is 4.74 Å². The molecule has 1 saturated carbocycles. The molecule has 1 aliphatic rings. The number of carbonyl (C=O) groups excluding carboxylic acids is 1. The largest absolute Gasteiger partial charge is 0.496 e. The summed E-state index contributed by atoms with van der Waals surface area (Å²) in [6.45, 7) is 1.06. The van der Waals surface area contributed by atoms with Gasteiger partial charge in [0.05, 0.1) is 13.2 Å². The van der Waals surface area contributed by atoms with Crippen LogP contribution in [0.25, 0.3) is 0 Å². The fourth-order valence-corrected chi connectivity index (χ4v) is 3.11. The van der Waals surface area contributed by atoms with E-state index in [0.29, 0.717) is 19.1 Å². The van der Waals surface area contributed by atoms with Crippen molar-refractivity contribution in [1.82, 2.24) is 5.32 Å². The number of nitrogens with two attached hydrogens (primary N) is 1. The van der Waals surface area contributed by atoms with E-state index in [2.05, 4.69) is 10.6 Å². The first-order chi connectivity index (χ1) is 10.8. The Bertz CT molecular complexity index is 454. The van der Waals surface area contributed by atoms with E-state index in [-0.39, 0.29) is 5.91 Å². The Morgan fingerprint density at radius 2 is 1.86 bits per heavy atom. The SMILES string of the molecule is COc1ccccc1CNC(=O)C[NH2+]C1CCCCCCC1. The predicted octanol–water partition coefficient (Wildman–Crippen LogP) is 1.99. The summed E-state index contributed by atoms with van der Waals surface area (Å²) in [7, 11) is 1.66. The van der Waals surface area contributed by atoms with E-state index in [1.807, 2.05) is 24.3 Å². The fourth-order valence-electron chi connectivity index (χ4n) is 3.11. The van der Waals surface area contributed by atoms with Crippen molar-refractivity contribution in [3.8, 4) is 5.75 Å². The number of hydrogen-bond acceptors (Lipinski definition) is 2. The van der Waals surface area contributed by atoms with Gasteiger partial charge in [-0.25, -0.2) is 0 Å². The van der Waals surface area contributed by atoms with Crippen molar-refractivity contribution in [1.29, 1.82) is 0 Å². The second-order valence-corrected chi connectivity index (χ2v) is 6.13. The highest BCUT2D eigenvalue weighted by Crippen LogP contribution is 2.16. The Morgan fingerprint density at radius 1 is 1.18 bits per heavy atom. The van der Waals surface area contributed by atoms with E-state index in [9.17, 15) is 4.79 Å². The third kappa shape index (κ3) is 5.68. The van der Waals surface area contributed by atoms with Gasteiger partial charge in [0.1, 0.15) is 5.75 Å². The first-order valence-electron chi connectivity index (χ1n) is 8.51. The second kappa shape index (κ2) is 9.46. The van der Waals surface area contributed by atoms with Crippen LogP contribution in [-0.2, 0) is 11.3 Å². The third-order valence-corrected chi connectivity index (χ3v) is 4.45. The van der Waals surface area contributed by atoms with Crippen LogP contribution in [0.1, 0.15) is 50.5 Å². The number of rotatable bonds is 6. The van der Waals surface area contributed by atoms with Crippen molar-refractivity contribution < 1.29 is 14.8 Å². The summed E-state index contributed by atoms with van der Waals surface area (Å²) >= 11 is 0. The van der Waals surface area contributed by atoms with Crippen LogP contribution in [0.3, 0.4) is 0 Å². The molecule has 1 fully saturated rings. The van der Waals surface area contributed by atoms with Gasteiger partial charge in [0.15, 0.2) is 6.54 Å². The number of ether oxygens (including phenoxy) is 1. The maximum absolute atomic E-state index is 12.0. The summed E-state index contributed by atoms with van der Waals surface area (Å²) in [5.74, 6) is 0.930. The lowest BCUT2D eigenvalue weighted by Gasteiger charge is -2.18. The lowest BCUT2D eigenvalue weighted by molar-refractivity contribution is -0.680. The Balaban J connectivity index is 1.71. The highest BCUT2D eigenvalue weighted by molar-refractivity contribution is 5.76. The minimum atomic E-state index is 0.105. The summed E-state index contributed by atoms with van der Waals surface area (Å²) in [6, 6.07) is 8.43. The molecule has 1 aromatic rings. The number of para-hydroxylation sites is 1. The molecule has 2 rings (SSSR count). The number of benzene rings is 1. The normalized spacial score (nSPS) is 16.6. The second-order valence-electron chi connectivity index (χ2n) is 6.13. The smallest absolute Gasteiger partial charge is 0.275 e. The van der Waals surface area contributed by atoms with Crippen LogP contribution in [0.4, 0.5) is 0 Å². The van der Waals surface area contributed by atoms with E-state index in [0.717, 1.165) is 11.3 Å². The molecule has 3 N–H and O–H groups in total. The van der Waals surface area contributed by atoms with Gasteiger partial charge in [0.25, 0.3) is 5.91 Å². The lowest BCUT2D eigenvalue weighted by Crippen LogP contribution is -2.92. The van der Waals surface area contributed by atoms with Crippen molar-refractivity contribution >= 4 is 5.91 Å². The van der Waals surface area contributed by atoms with Crippen molar-refractivity contribution in [2.24, 2.45) is 0 Å². The summed E-state index contributed by atoms with van der Waals surface area (Å²) in [6.07, 6.45) is 9.20. The Morgan fingerprint density at radius 3 is 2.59 bits per heavy atom. The molecule has 4 heteroatoms. The summed E-state index contributed by atoms with van der Waals surface area (Å²) < 4.78 is 5.30. The van der Waals surface area contributed by atoms with Crippen molar-refractivity contribution in [3.63, 3.8) is 0 Å². The van der Waals surface area contributed by atoms with Crippen molar-refractivity contribution in [2.75, 3.05) is 13.7 Å². The number of amides is 1. The minimum Gasteiger partial charge on any atom is -0.496 e. The van der Waals surface area contributed by atoms with Gasteiger partial charge in [-0.3, -0.25) is 4.79 Å². The number of nitrogens with one attached hydrogen (secondary N) is 1. The molecule has 4 nitrogen and oxygen atoms in total. The highest BCUT2D eigenvalue weighted by atomic mass is 16.5. The predicted molar refractivity (Wildman–Crippen MR) is 87.7 cm³/mol. The van der Waals surface area contributed by atoms with Gasteiger partial charge in [-0.15, -0.1) is 0 Å². The molecule has 0 atom stereocenters. The summed E-state index contributed by atoms with van der Waals surface area (Å²) in [5, 5.41) is 5.22. The first-order valence-corrected chi connectivity index (χ1v) is 8.51. The molecule has 0 radical (unpaired) electrons. The van der Waals surface area contributed by atoms with Gasteiger partial charge in [-0.05, 0) is 31.7 Å². The third-order valence-electron chi connectivity index (χ3n) is 4.45. The first kappa shape index (κ1) is 16.8. The molecule has 0 aliphatic heterocycles. The molecule has 0 spiro atoms. The summed E-state index contributed by atoms with van der Waals surface area (Å²) in [5.41, 5.74) is 1.02. The fraction of sp³-hybridized carbons (Fsp3) is 0.611. The monoisotopic (exact) mass is 305 g/mol. The van der Waals surface area contributed by atoms with Gasteiger partial charge in [-0.1, -0.05) is 37.5 Å². The molecular formula is C18H29N2O2+. The van der Waals surface area contributed by atoms with Crippen LogP contribution in [0.15, 0.2) is 24.3 Å². The van der Waals surface area contributed by atoms with E-state index in [1.54, 1.807) is 7.11 Å². The highest BCUT2D eigenvalue weighted by Gasteiger charge is 2.15. The molecule has 0 saturated heterocycles. The molecule has 122 valence electrons. The molecule has 1 amide bonds. The number of quaternary nitrogens is 1. The molecule has 1 aliphatic carbocycles. The van der Waals surface area contributed by atoms with E-state index in [1.165, 1.54) is 44.9 Å². The van der Waals surface area contributed by atoms with Crippen LogP contribution in [0.5, 0.6) is 5.75 Å². The van der Waals surface area contributed by atoms with Crippen LogP contribution in [0.2, 0.25) is 0 Å². The number of carbonyl (C=O) groups is 1. The van der Waals surface area contributed by atoms with Crippen LogP contribution in [0, 0.1) is 0 Å². The molecule has 0 aromatic heterocycles. The topological polar surface area (TPSA) is 54.9 Å². The number of methoxy groups -OCH3 is 1. The Labute approximate surface area is 133 Å². The van der Waals surface area contributed by atoms with Crippen LogP contribution >= 0.6 is 0 Å². The van der Waals surface area contributed by atoms with E-state index < -0.39 is 0 Å². The zero-order valence-corrected chi connectivity index (χ0v) is 13.6. The minimum absolute atomic E-state index is 0.105. The van der Waals surface area contributed by atoms with Crippen LogP contribution < -0.4 is 15.4 Å². The number of hydrogen-bond donors (Lipinski definition) is 2. The molecule has 0 bridgehead atoms. The van der Waals surface area contributed by atoms with Crippen LogP contribution in [-0.4, -0.2) is 25.6 Å². The molecular weight excluding hydrogens is 276 g/mol. The quantitative estimate of drug-likeness (QED) is 0.844. The van der Waals surface area contributed by atoms with Crippen molar-refractivity contribution in [2.45, 2.75) is 57.5 Å². The lowest BCUT2D eigenvalue weighted by atomic mass is 9.97. The standard InChI is InChI=1S/C18H28N2O2/c1-22-17-12-8-7-9-15(17)13-20-18(21)14-19-16-10-5-3-2-4-6-11-16/h7-9,12,16,19H,2-6,10-11,13-14H2,1H3,(H,20,21)/p+1. The molecule has 1 aromatic carbocycles. The van der Waals surface area contributed by atoms with Gasteiger partial charge in [0.2, 0.25) is 0 Å². The Hall–Kier alpha value is -1.55. The maximum atomic E-state index is 12.0. The maximum Gasteiger partial charge on any atom is 0.275 e. The van der Waals surface area contributed by atoms with Gasteiger partial charge >= 0.3 is 0 Å².